The summed E-state index contributed by atoms with van der Waals surface area (Å²) in [6, 6.07) is 2.97. The van der Waals surface area contributed by atoms with Crippen LogP contribution in [0.5, 0.6) is 5.75 Å². The van der Waals surface area contributed by atoms with Crippen molar-refractivity contribution < 1.29 is 53.6 Å². The Balaban J connectivity index is 3.48. The summed E-state index contributed by atoms with van der Waals surface area (Å²) >= 11 is 0. The van der Waals surface area contributed by atoms with Crippen LogP contribution in [0.15, 0.2) is 18.2 Å². The fraction of sp³-hybridized carbons (Fsp3) is 0.462. The van der Waals surface area contributed by atoms with Crippen LogP contribution in [-0.4, -0.2) is 57.6 Å². The van der Waals surface area contributed by atoms with Crippen LogP contribution in [-0.2, 0) is 21.2 Å². The molecule has 0 amide bonds. The van der Waals surface area contributed by atoms with Gasteiger partial charge in [0.25, 0.3) is 10.1 Å². The smallest absolute Gasteiger partial charge is 0.438 e. The quantitative estimate of drug-likeness (QED) is 0.325. The molecule has 6 nitrogen and oxygen atoms in total. The van der Waals surface area contributed by atoms with E-state index in [2.05, 4.69) is 4.74 Å². The lowest BCUT2D eigenvalue weighted by atomic mass is 9.95. The average molecular weight is 422 g/mol. The van der Waals surface area contributed by atoms with Crippen molar-refractivity contribution in [2.24, 2.45) is 0 Å². The van der Waals surface area contributed by atoms with Gasteiger partial charge in [-0.2, -0.15) is 34.8 Å². The van der Waals surface area contributed by atoms with Gasteiger partial charge in [0.05, 0.1) is 12.7 Å². The van der Waals surface area contributed by atoms with Gasteiger partial charge in [0.15, 0.2) is 0 Å². The number of carbonyl (C=O) groups is 1. The number of hydrogen-bond donors (Lipinski definition) is 1. The number of rotatable bonds is 6. The van der Waals surface area contributed by atoms with Crippen LogP contribution in [0.4, 0.5) is 26.3 Å². The lowest BCUT2D eigenvalue weighted by molar-refractivity contribution is -0.356. The van der Waals surface area contributed by atoms with Crippen molar-refractivity contribution in [1.82, 2.24) is 0 Å². The van der Waals surface area contributed by atoms with Gasteiger partial charge >= 0.3 is 23.9 Å². The minimum atomic E-state index is -6.38. The number of methoxy groups -OCH3 is 1. The third kappa shape index (κ3) is 5.06. The highest BCUT2D eigenvalue weighted by atomic mass is 32.2. The first-order valence-corrected chi connectivity index (χ1v) is 8.67. The molecular weight excluding hydrogens is 409 g/mol. The van der Waals surface area contributed by atoms with Crippen molar-refractivity contribution in [3.63, 3.8) is 0 Å². The molecule has 0 atom stereocenters. The lowest BCUT2D eigenvalue weighted by Crippen LogP contribution is -2.63. The Morgan fingerprint density at radius 2 is 1.67 bits per heavy atom. The lowest BCUT2D eigenvalue weighted by Gasteiger charge is -2.35. The fourth-order valence-corrected chi connectivity index (χ4v) is 3.01. The van der Waals surface area contributed by atoms with Crippen LogP contribution >= 0.6 is 0 Å². The van der Waals surface area contributed by atoms with E-state index in [0.717, 1.165) is 19.2 Å². The van der Waals surface area contributed by atoms with Gasteiger partial charge < -0.3 is 9.47 Å². The monoisotopic (exact) mass is 422 g/mol. The second-order valence-corrected chi connectivity index (χ2v) is 6.77. The molecule has 0 aliphatic rings. The predicted octanol–water partition coefficient (Wildman–Crippen LogP) is 1.74. The molecule has 1 aromatic rings. The molecule has 0 heterocycles. The summed E-state index contributed by atoms with van der Waals surface area (Å²) in [6.07, 6.45) is -12.4. The number of benzene rings is 1. The Labute approximate surface area is 150 Å². The second kappa shape index (κ2) is 7.58. The van der Waals surface area contributed by atoms with Crippen molar-refractivity contribution >= 4 is 23.9 Å². The topological polar surface area (TPSA) is 89.9 Å². The molecule has 0 unspecified atom stereocenters. The molecule has 0 radical (unpaired) electrons. The van der Waals surface area contributed by atoms with Crippen LogP contribution in [0.3, 0.4) is 0 Å². The first-order chi connectivity index (χ1) is 12.1. The highest BCUT2D eigenvalue weighted by Crippen LogP contribution is 2.47. The molecular formula is C13H13BF6O6S. The predicted molar refractivity (Wildman–Crippen MR) is 81.9 cm³/mol. The largest absolute Gasteiger partial charge is 0.496 e. The second-order valence-electron chi connectivity index (χ2n) is 5.32. The molecule has 0 spiro atoms. The molecule has 0 bridgehead atoms. The fourth-order valence-electron chi connectivity index (χ4n) is 2.11. The summed E-state index contributed by atoms with van der Waals surface area (Å²) in [7, 11) is -3.00. The van der Waals surface area contributed by atoms with Crippen LogP contribution in [0.1, 0.15) is 15.9 Å². The van der Waals surface area contributed by atoms with Crippen LogP contribution in [0.2, 0.25) is 0 Å². The number of ether oxygens (including phenoxy) is 2. The normalized spacial score (nSPS) is 13.3. The van der Waals surface area contributed by atoms with Crippen molar-refractivity contribution in [2.45, 2.75) is 24.3 Å². The molecule has 0 fully saturated rings. The first-order valence-electron chi connectivity index (χ1n) is 7.07. The minimum Gasteiger partial charge on any atom is -0.496 e. The Morgan fingerprint density at radius 1 is 1.15 bits per heavy atom. The molecule has 27 heavy (non-hydrogen) atoms. The van der Waals surface area contributed by atoms with Gasteiger partial charge in [-0.15, -0.1) is 0 Å². The van der Waals surface area contributed by atoms with E-state index in [1.54, 1.807) is 7.85 Å². The van der Waals surface area contributed by atoms with Crippen LogP contribution in [0, 0.1) is 0 Å². The van der Waals surface area contributed by atoms with Crippen molar-refractivity contribution in [3.05, 3.63) is 29.3 Å². The van der Waals surface area contributed by atoms with E-state index >= 15 is 0 Å². The molecule has 0 aliphatic heterocycles. The maximum atomic E-state index is 13.1. The van der Waals surface area contributed by atoms with E-state index < -0.39 is 45.4 Å². The average Bonchev–Trinajstić information content (AvgIpc) is 2.49. The molecule has 1 N–H and O–H groups in total. The summed E-state index contributed by atoms with van der Waals surface area (Å²) in [5.41, 5.74) is -5.69. The van der Waals surface area contributed by atoms with Gasteiger partial charge in [-0.25, -0.2) is 4.79 Å². The zero-order valence-corrected chi connectivity index (χ0v) is 14.6. The molecule has 1 rings (SSSR count). The summed E-state index contributed by atoms with van der Waals surface area (Å²) in [4.78, 5) is 12.0. The number of carbonyl (C=O) groups excluding carboxylic acids is 1. The van der Waals surface area contributed by atoms with Gasteiger partial charge in [-0.1, -0.05) is 12.4 Å². The highest BCUT2D eigenvalue weighted by molar-refractivity contribution is 7.85. The maximum Gasteiger partial charge on any atom is 0.438 e. The number of esters is 1. The molecule has 0 saturated carbocycles. The first kappa shape index (κ1) is 23.1. The third-order valence-corrected chi connectivity index (χ3v) is 4.24. The van der Waals surface area contributed by atoms with Gasteiger partial charge in [0.2, 0.25) is 0 Å². The molecule has 14 heteroatoms. The molecule has 1 aromatic carbocycles. The van der Waals surface area contributed by atoms with Gasteiger partial charge in [-0.05, 0) is 17.7 Å². The summed E-state index contributed by atoms with van der Waals surface area (Å²) in [5.74, 6) is -5.04. The SMILES string of the molecule is BCc1ccc(C(=O)OC(CS(=O)(=O)O)(C(F)(F)F)C(F)(F)F)cc1OC. The van der Waals surface area contributed by atoms with Gasteiger partial charge in [0, 0.05) is 0 Å². The van der Waals surface area contributed by atoms with E-state index in [1.165, 1.54) is 6.07 Å². The summed E-state index contributed by atoms with van der Waals surface area (Å²) < 4.78 is 118. The highest BCUT2D eigenvalue weighted by Gasteiger charge is 2.76. The number of hydrogen-bond acceptors (Lipinski definition) is 5. The van der Waals surface area contributed by atoms with Gasteiger partial charge in [-0.3, -0.25) is 4.55 Å². The van der Waals surface area contributed by atoms with E-state index in [-0.39, 0.29) is 5.75 Å². The van der Waals surface area contributed by atoms with Crippen LogP contribution < -0.4 is 4.74 Å². The molecule has 0 saturated heterocycles. The van der Waals surface area contributed by atoms with Crippen molar-refractivity contribution in [3.8, 4) is 5.75 Å². The number of halogens is 6. The third-order valence-electron chi connectivity index (χ3n) is 3.47. The Hall–Kier alpha value is -1.96. The standard InChI is InChI=1S/C13H13BF6O6S/c1-25-9-4-7(2-3-8(9)5-14)10(21)26-11(12(15,16)17,13(18,19)20)6-27(22,23)24/h2-4H,5-6,14H2,1H3,(H,22,23,24). The van der Waals surface area contributed by atoms with E-state index in [9.17, 15) is 39.6 Å². The Kier molecular flexibility index (Phi) is 6.48. The minimum absolute atomic E-state index is 0.00588. The molecule has 152 valence electrons. The van der Waals surface area contributed by atoms with E-state index in [1.807, 2.05) is 0 Å². The Morgan fingerprint density at radius 3 is 2.04 bits per heavy atom. The van der Waals surface area contributed by atoms with Crippen LogP contribution in [0.25, 0.3) is 0 Å². The van der Waals surface area contributed by atoms with E-state index in [4.69, 9.17) is 9.29 Å². The molecule has 0 aliphatic carbocycles. The summed E-state index contributed by atoms with van der Waals surface area (Å²) in [6.45, 7) is 0. The maximum absolute atomic E-state index is 13.1. The summed E-state index contributed by atoms with van der Waals surface area (Å²) in [5, 5.41) is 0. The zero-order chi connectivity index (χ0) is 21.3. The van der Waals surface area contributed by atoms with Crippen molar-refractivity contribution in [2.75, 3.05) is 12.9 Å². The number of alkyl halides is 6. The van der Waals surface area contributed by atoms with E-state index in [0.29, 0.717) is 11.9 Å². The van der Waals surface area contributed by atoms with Crippen molar-refractivity contribution in [1.29, 1.82) is 0 Å². The zero-order valence-electron chi connectivity index (χ0n) is 13.8. The Bertz CT molecular complexity index is 790. The molecule has 0 aromatic heterocycles. The van der Waals surface area contributed by atoms with Gasteiger partial charge in [0.1, 0.15) is 19.3 Å².